The smallest absolute Gasteiger partial charge is 0.250 e. The van der Waals surface area contributed by atoms with Crippen LogP contribution in [0.2, 0.25) is 5.02 Å². The molecule has 4 unspecified atom stereocenters. The Labute approximate surface area is 185 Å². The number of fused-ring (bicyclic) bond motifs is 4. The molecule has 160 valence electrons. The minimum Gasteiger partial charge on any atom is -0.323 e. The van der Waals surface area contributed by atoms with Crippen molar-refractivity contribution in [2.45, 2.75) is 31.8 Å². The zero-order valence-corrected chi connectivity index (χ0v) is 18.1. The molecule has 3 amide bonds. The lowest BCUT2D eigenvalue weighted by molar-refractivity contribution is -0.142. The molecule has 1 spiro atoms. The van der Waals surface area contributed by atoms with Gasteiger partial charge in [-0.1, -0.05) is 67.9 Å². The van der Waals surface area contributed by atoms with Crippen LogP contribution in [0.25, 0.3) is 0 Å². The van der Waals surface area contributed by atoms with Gasteiger partial charge in [0.1, 0.15) is 5.54 Å². The number of likely N-dealkylation sites (tertiary alicyclic amines) is 1. The SMILES string of the molecule is CC(C)C1NC2(C(=O)Nc3c(Cl)cccc32)C2C(=O)N(CCc3ccccc3)C(=O)C12. The van der Waals surface area contributed by atoms with Crippen LogP contribution < -0.4 is 10.6 Å². The van der Waals surface area contributed by atoms with E-state index in [1.807, 2.05) is 50.2 Å². The number of carbonyl (C=O) groups excluding carboxylic acids is 3. The number of carbonyl (C=O) groups is 3. The van der Waals surface area contributed by atoms with Crippen LogP contribution in [0.4, 0.5) is 5.69 Å². The maximum atomic E-state index is 13.6. The zero-order chi connectivity index (χ0) is 21.9. The number of anilines is 1. The summed E-state index contributed by atoms with van der Waals surface area (Å²) in [6.07, 6.45) is 0.582. The van der Waals surface area contributed by atoms with E-state index in [-0.39, 0.29) is 29.7 Å². The molecule has 0 saturated carbocycles. The molecule has 0 aliphatic carbocycles. The second kappa shape index (κ2) is 7.18. The molecule has 4 atom stereocenters. The molecule has 2 fully saturated rings. The lowest BCUT2D eigenvalue weighted by Gasteiger charge is -2.30. The Kier molecular flexibility index (Phi) is 4.68. The molecule has 31 heavy (non-hydrogen) atoms. The van der Waals surface area contributed by atoms with Gasteiger partial charge < -0.3 is 5.32 Å². The molecule has 2 saturated heterocycles. The quantitative estimate of drug-likeness (QED) is 0.721. The van der Waals surface area contributed by atoms with Crippen molar-refractivity contribution >= 4 is 35.0 Å². The molecular weight excluding hydrogens is 414 g/mol. The maximum Gasteiger partial charge on any atom is 0.250 e. The van der Waals surface area contributed by atoms with E-state index >= 15 is 0 Å². The number of imide groups is 1. The molecule has 3 heterocycles. The average Bonchev–Trinajstić information content (AvgIpc) is 3.34. The average molecular weight is 438 g/mol. The van der Waals surface area contributed by atoms with Crippen LogP contribution >= 0.6 is 11.6 Å². The van der Waals surface area contributed by atoms with Gasteiger partial charge >= 0.3 is 0 Å². The Morgan fingerprint density at radius 1 is 1.03 bits per heavy atom. The normalized spacial score (nSPS) is 29.1. The molecule has 2 aromatic carbocycles. The Bertz CT molecular complexity index is 1090. The maximum absolute atomic E-state index is 13.6. The first-order valence-electron chi connectivity index (χ1n) is 10.6. The third-order valence-corrected chi connectivity index (χ3v) is 7.23. The van der Waals surface area contributed by atoms with Crippen LogP contribution in [0, 0.1) is 17.8 Å². The summed E-state index contributed by atoms with van der Waals surface area (Å²) in [5.41, 5.74) is 0.944. The number of nitrogens with zero attached hydrogens (tertiary/aromatic N) is 1. The molecule has 0 bridgehead atoms. The summed E-state index contributed by atoms with van der Waals surface area (Å²) in [5.74, 6) is -2.11. The number of benzene rings is 2. The van der Waals surface area contributed by atoms with Crippen molar-refractivity contribution < 1.29 is 14.4 Å². The van der Waals surface area contributed by atoms with E-state index in [9.17, 15) is 14.4 Å². The fourth-order valence-electron chi connectivity index (χ4n) is 5.46. The first-order chi connectivity index (χ1) is 14.9. The van der Waals surface area contributed by atoms with E-state index < -0.39 is 17.4 Å². The molecule has 7 heteroatoms. The lowest BCUT2D eigenvalue weighted by atomic mass is 9.76. The standard InChI is InChI=1S/C24H24ClN3O3/c1-13(2)19-17-18(22(30)28(21(17)29)12-11-14-7-4-3-5-8-14)24(27-19)15-9-6-10-16(25)20(15)26-23(24)31/h3-10,13,17-19,27H,11-12H2,1-2H3,(H,26,31). The minimum absolute atomic E-state index is 0.0636. The Morgan fingerprint density at radius 3 is 2.48 bits per heavy atom. The molecule has 0 radical (unpaired) electrons. The molecule has 0 aromatic heterocycles. The van der Waals surface area contributed by atoms with E-state index in [0.29, 0.717) is 29.2 Å². The molecule has 5 rings (SSSR count). The number of halogens is 1. The summed E-state index contributed by atoms with van der Waals surface area (Å²) >= 11 is 6.34. The molecule has 3 aliphatic heterocycles. The third-order valence-electron chi connectivity index (χ3n) is 6.91. The second-order valence-electron chi connectivity index (χ2n) is 8.91. The van der Waals surface area contributed by atoms with Crippen LogP contribution in [0.3, 0.4) is 0 Å². The van der Waals surface area contributed by atoms with Gasteiger partial charge in [0.25, 0.3) is 0 Å². The number of rotatable bonds is 4. The number of amides is 3. The van der Waals surface area contributed by atoms with Crippen LogP contribution in [-0.4, -0.2) is 35.2 Å². The van der Waals surface area contributed by atoms with Crippen LogP contribution in [0.1, 0.15) is 25.0 Å². The highest BCUT2D eigenvalue weighted by molar-refractivity contribution is 6.35. The second-order valence-corrected chi connectivity index (χ2v) is 9.31. The number of hydrogen-bond donors (Lipinski definition) is 2. The highest BCUT2D eigenvalue weighted by Crippen LogP contribution is 2.54. The van der Waals surface area contributed by atoms with Crippen LogP contribution in [0.5, 0.6) is 0 Å². The van der Waals surface area contributed by atoms with Gasteiger partial charge in [0.15, 0.2) is 0 Å². The van der Waals surface area contributed by atoms with E-state index in [2.05, 4.69) is 10.6 Å². The van der Waals surface area contributed by atoms with Crippen molar-refractivity contribution in [3.8, 4) is 0 Å². The largest absolute Gasteiger partial charge is 0.323 e. The zero-order valence-electron chi connectivity index (χ0n) is 17.4. The monoisotopic (exact) mass is 437 g/mol. The van der Waals surface area contributed by atoms with Gasteiger partial charge in [0, 0.05) is 18.2 Å². The van der Waals surface area contributed by atoms with Gasteiger partial charge in [-0.25, -0.2) is 0 Å². The first-order valence-corrected chi connectivity index (χ1v) is 11.0. The van der Waals surface area contributed by atoms with Gasteiger partial charge in [-0.05, 0) is 24.0 Å². The predicted molar refractivity (Wildman–Crippen MR) is 117 cm³/mol. The van der Waals surface area contributed by atoms with Crippen molar-refractivity contribution in [3.05, 3.63) is 64.7 Å². The van der Waals surface area contributed by atoms with Crippen molar-refractivity contribution in [3.63, 3.8) is 0 Å². The van der Waals surface area contributed by atoms with Gasteiger partial charge in [-0.3, -0.25) is 24.6 Å². The predicted octanol–water partition coefficient (Wildman–Crippen LogP) is 2.96. The van der Waals surface area contributed by atoms with Crippen LogP contribution in [-0.2, 0) is 26.3 Å². The van der Waals surface area contributed by atoms with Crippen molar-refractivity contribution in [1.82, 2.24) is 10.2 Å². The first kappa shape index (κ1) is 20.2. The number of para-hydroxylation sites is 1. The van der Waals surface area contributed by atoms with Crippen molar-refractivity contribution in [1.29, 1.82) is 0 Å². The van der Waals surface area contributed by atoms with Gasteiger partial charge in [0.05, 0.1) is 22.5 Å². The molecule has 2 aromatic rings. The minimum atomic E-state index is -1.28. The number of nitrogens with one attached hydrogen (secondary N) is 2. The summed E-state index contributed by atoms with van der Waals surface area (Å²) in [6, 6.07) is 14.8. The lowest BCUT2D eigenvalue weighted by Crippen LogP contribution is -2.54. The van der Waals surface area contributed by atoms with Crippen LogP contribution in [0.15, 0.2) is 48.5 Å². The van der Waals surface area contributed by atoms with Crippen molar-refractivity contribution in [2.75, 3.05) is 11.9 Å². The summed E-state index contributed by atoms with van der Waals surface area (Å²) in [6.45, 7) is 4.31. The Morgan fingerprint density at radius 2 is 1.77 bits per heavy atom. The summed E-state index contributed by atoms with van der Waals surface area (Å²) < 4.78 is 0. The summed E-state index contributed by atoms with van der Waals surface area (Å²) in [4.78, 5) is 41.8. The van der Waals surface area contributed by atoms with E-state index in [0.717, 1.165) is 5.56 Å². The Hall–Kier alpha value is -2.70. The van der Waals surface area contributed by atoms with Gasteiger partial charge in [0.2, 0.25) is 17.7 Å². The number of hydrogen-bond acceptors (Lipinski definition) is 4. The highest BCUT2D eigenvalue weighted by Gasteiger charge is 2.70. The fourth-order valence-corrected chi connectivity index (χ4v) is 5.69. The fraction of sp³-hybridized carbons (Fsp3) is 0.375. The molecule has 3 aliphatic rings. The summed E-state index contributed by atoms with van der Waals surface area (Å²) in [5, 5.41) is 6.70. The van der Waals surface area contributed by atoms with Gasteiger partial charge in [-0.2, -0.15) is 0 Å². The third kappa shape index (κ3) is 2.78. The van der Waals surface area contributed by atoms with Gasteiger partial charge in [-0.15, -0.1) is 0 Å². The van der Waals surface area contributed by atoms with E-state index in [4.69, 9.17) is 11.6 Å². The highest BCUT2D eigenvalue weighted by atomic mass is 35.5. The topological polar surface area (TPSA) is 78.5 Å². The molecule has 2 N–H and O–H groups in total. The molecule has 6 nitrogen and oxygen atoms in total. The Balaban J connectivity index is 1.56. The summed E-state index contributed by atoms with van der Waals surface area (Å²) in [7, 11) is 0. The van der Waals surface area contributed by atoms with E-state index in [1.54, 1.807) is 12.1 Å². The molecular formula is C24H24ClN3O3. The van der Waals surface area contributed by atoms with Crippen molar-refractivity contribution in [2.24, 2.45) is 17.8 Å². The van der Waals surface area contributed by atoms with E-state index in [1.165, 1.54) is 4.90 Å².